The van der Waals surface area contributed by atoms with Gasteiger partial charge < -0.3 is 0 Å². The van der Waals surface area contributed by atoms with Crippen LogP contribution in [0.3, 0.4) is 0 Å². The molecule has 2 aromatic carbocycles. The van der Waals surface area contributed by atoms with Crippen LogP contribution >= 0.6 is 0 Å². The van der Waals surface area contributed by atoms with E-state index >= 15 is 0 Å². The number of benzene rings is 2. The number of aromatic nitrogens is 3. The van der Waals surface area contributed by atoms with Crippen molar-refractivity contribution in [2.45, 2.75) is 10.6 Å². The summed E-state index contributed by atoms with van der Waals surface area (Å²) in [7, 11) is -0.260. The second-order valence-corrected chi connectivity index (χ2v) is 5.88. The Labute approximate surface area is 120 Å². The Morgan fingerprint density at radius 2 is 1.45 bits per heavy atom. The Morgan fingerprint density at radius 3 is 2.10 bits per heavy atom. The molecule has 0 bridgehead atoms. The van der Waals surface area contributed by atoms with Crippen molar-refractivity contribution >= 4 is 10.7 Å². The van der Waals surface area contributed by atoms with E-state index in [1.54, 1.807) is 17.3 Å². The molecule has 1 unspecified atom stereocenters. The highest BCUT2D eigenvalue weighted by Crippen LogP contribution is 2.14. The molecule has 1 heterocycles. The molecule has 0 N–H and O–H groups in total. The van der Waals surface area contributed by atoms with Gasteiger partial charge in [-0.1, -0.05) is 48.5 Å². The highest BCUT2D eigenvalue weighted by Gasteiger charge is 2.03. The van der Waals surface area contributed by atoms with Gasteiger partial charge in [0.25, 0.3) is 0 Å². The fraction of sp³-hybridized carbons (Fsp3) is 0.0667. The largest absolute Gasteiger partial charge is 0.201 e. The lowest BCUT2D eigenvalue weighted by atomic mass is 10.2. The molecule has 1 aromatic heterocycles. The second kappa shape index (κ2) is 6.25. The lowest BCUT2D eigenvalue weighted by molar-refractivity contribution is 0.887. The molecule has 4 nitrogen and oxygen atoms in total. The molecule has 20 heavy (non-hydrogen) atoms. The summed E-state index contributed by atoms with van der Waals surface area (Å²) in [4.78, 5) is 1.21. The summed E-state index contributed by atoms with van der Waals surface area (Å²) in [6.45, 7) is 0. The van der Waals surface area contributed by atoms with Gasteiger partial charge >= 0.3 is 0 Å². The average Bonchev–Trinajstić information content (AvgIpc) is 3.02. The van der Waals surface area contributed by atoms with Crippen LogP contribution in [0.2, 0.25) is 0 Å². The van der Waals surface area contributed by atoms with Gasteiger partial charge in [0.15, 0.2) is 0 Å². The number of rotatable bonds is 4. The summed E-state index contributed by atoms with van der Waals surface area (Å²) >= 11 is 0. The molecule has 5 heteroatoms. The highest BCUT2D eigenvalue weighted by atomic mass is 32.2. The maximum atomic E-state index is 4.70. The van der Waals surface area contributed by atoms with E-state index in [1.165, 1.54) is 10.5 Å². The van der Waals surface area contributed by atoms with Crippen molar-refractivity contribution in [1.82, 2.24) is 14.9 Å². The summed E-state index contributed by atoms with van der Waals surface area (Å²) < 4.78 is 6.38. The topological polar surface area (TPSA) is 43.1 Å². The fourth-order valence-electron chi connectivity index (χ4n) is 1.82. The van der Waals surface area contributed by atoms with Crippen LogP contribution < -0.4 is 0 Å². The van der Waals surface area contributed by atoms with E-state index in [-0.39, 0.29) is 10.7 Å². The first-order valence-electron chi connectivity index (χ1n) is 6.28. The van der Waals surface area contributed by atoms with Crippen LogP contribution in [-0.2, 0) is 16.4 Å². The molecule has 3 aromatic rings. The first-order valence-corrected chi connectivity index (χ1v) is 7.63. The summed E-state index contributed by atoms with van der Waals surface area (Å²) in [5.74, 6) is 0.878. The molecule has 0 saturated carbocycles. The third-order valence-corrected chi connectivity index (χ3v) is 4.57. The predicted octanol–water partition coefficient (Wildman–Crippen LogP) is 3.10. The molecule has 0 aliphatic rings. The second-order valence-electron chi connectivity index (χ2n) is 4.23. The van der Waals surface area contributed by atoms with Crippen molar-refractivity contribution in [3.8, 4) is 0 Å². The van der Waals surface area contributed by atoms with Crippen LogP contribution in [0.5, 0.6) is 0 Å². The summed E-state index contributed by atoms with van der Waals surface area (Å²) in [5.41, 5.74) is 1.27. The summed E-state index contributed by atoms with van der Waals surface area (Å²) in [6, 6.07) is 20.7. The first-order chi connectivity index (χ1) is 9.92. The zero-order chi connectivity index (χ0) is 13.6. The number of hydrogen-bond acceptors (Lipinski definition) is 3. The lowest BCUT2D eigenvalue weighted by Crippen LogP contribution is -1.99. The van der Waals surface area contributed by atoms with Crippen LogP contribution in [0.4, 0.5) is 0 Å². The van der Waals surface area contributed by atoms with Gasteiger partial charge in [0.1, 0.15) is 12.7 Å². The summed E-state index contributed by atoms with van der Waals surface area (Å²) in [5, 5.41) is 7.60. The quantitative estimate of drug-likeness (QED) is 0.738. The first kappa shape index (κ1) is 12.7. The van der Waals surface area contributed by atoms with Gasteiger partial charge in [-0.15, -0.1) is 14.7 Å². The maximum Gasteiger partial charge on any atom is 0.142 e. The van der Waals surface area contributed by atoms with E-state index in [0.717, 1.165) is 5.75 Å². The molecule has 0 aliphatic carbocycles. The Kier molecular flexibility index (Phi) is 3.99. The van der Waals surface area contributed by atoms with Crippen molar-refractivity contribution in [2.75, 3.05) is 0 Å². The zero-order valence-electron chi connectivity index (χ0n) is 10.8. The van der Waals surface area contributed by atoms with Crippen LogP contribution in [-0.4, -0.2) is 14.9 Å². The Hall–Kier alpha value is -2.27. The standard InChI is InChI=1S/C15H14N4S/c1-3-7-14(8-4-1)11-20(15-9-5-2-6-10-15)18-19-12-16-17-13-19/h1-10,12-13H,11H2. The van der Waals surface area contributed by atoms with E-state index in [9.17, 15) is 0 Å². The van der Waals surface area contributed by atoms with Crippen LogP contribution in [0.1, 0.15) is 5.56 Å². The molecular formula is C15H14N4S. The minimum Gasteiger partial charge on any atom is -0.201 e. The third-order valence-electron chi connectivity index (χ3n) is 2.76. The molecule has 0 amide bonds. The predicted molar refractivity (Wildman–Crippen MR) is 80.1 cm³/mol. The van der Waals surface area contributed by atoms with Crippen LogP contribution in [0.15, 0.2) is 82.7 Å². The van der Waals surface area contributed by atoms with Crippen molar-refractivity contribution in [2.24, 2.45) is 4.47 Å². The molecular weight excluding hydrogens is 268 g/mol. The number of hydrogen-bond donors (Lipinski definition) is 0. The smallest absolute Gasteiger partial charge is 0.142 e. The monoisotopic (exact) mass is 282 g/mol. The average molecular weight is 282 g/mol. The normalized spacial score (nSPS) is 12.4. The maximum absolute atomic E-state index is 4.70. The lowest BCUT2D eigenvalue weighted by Gasteiger charge is -2.08. The van der Waals surface area contributed by atoms with Gasteiger partial charge in [0, 0.05) is 10.6 Å². The van der Waals surface area contributed by atoms with E-state index in [2.05, 4.69) is 46.6 Å². The third kappa shape index (κ3) is 3.19. The molecule has 0 saturated heterocycles. The molecule has 100 valence electrons. The van der Waals surface area contributed by atoms with Gasteiger partial charge in [-0.3, -0.25) is 0 Å². The van der Waals surface area contributed by atoms with Gasteiger partial charge in [-0.25, -0.2) is 4.68 Å². The SMILES string of the molecule is c1ccc(C/S(=N/n2cnnc2)c2ccccc2)cc1. The highest BCUT2D eigenvalue weighted by molar-refractivity contribution is 7.86. The van der Waals surface area contributed by atoms with Gasteiger partial charge in [0.2, 0.25) is 0 Å². The van der Waals surface area contributed by atoms with Gasteiger partial charge in [-0.2, -0.15) is 0 Å². The molecule has 0 aliphatic heterocycles. The fourth-order valence-corrected chi connectivity index (χ4v) is 3.43. The summed E-state index contributed by atoms with van der Waals surface area (Å²) in [6.07, 6.45) is 3.24. The molecule has 0 fully saturated rings. The van der Waals surface area contributed by atoms with E-state index < -0.39 is 0 Å². The van der Waals surface area contributed by atoms with E-state index in [0.29, 0.717) is 0 Å². The zero-order valence-corrected chi connectivity index (χ0v) is 11.6. The van der Waals surface area contributed by atoms with Crippen molar-refractivity contribution in [3.63, 3.8) is 0 Å². The minimum absolute atomic E-state index is 0.260. The van der Waals surface area contributed by atoms with E-state index in [1.807, 2.05) is 24.3 Å². The van der Waals surface area contributed by atoms with Gasteiger partial charge in [-0.05, 0) is 28.4 Å². The Morgan fingerprint density at radius 1 is 0.850 bits per heavy atom. The molecule has 0 spiro atoms. The van der Waals surface area contributed by atoms with Crippen LogP contribution in [0, 0.1) is 0 Å². The van der Waals surface area contributed by atoms with Crippen molar-refractivity contribution in [3.05, 3.63) is 78.9 Å². The van der Waals surface area contributed by atoms with Crippen LogP contribution in [0.25, 0.3) is 0 Å². The minimum atomic E-state index is -0.260. The van der Waals surface area contributed by atoms with Gasteiger partial charge in [0.05, 0.1) is 0 Å². The Balaban J connectivity index is 1.96. The number of nitrogens with zero attached hydrogens (tertiary/aromatic N) is 4. The Bertz CT molecular complexity index is 678. The molecule has 3 rings (SSSR count). The molecule has 1 atom stereocenters. The van der Waals surface area contributed by atoms with Crippen molar-refractivity contribution < 1.29 is 0 Å². The van der Waals surface area contributed by atoms with E-state index in [4.69, 9.17) is 4.47 Å². The van der Waals surface area contributed by atoms with Crippen molar-refractivity contribution in [1.29, 1.82) is 0 Å². The molecule has 0 radical (unpaired) electrons.